The Morgan fingerprint density at radius 2 is 1.01 bits per heavy atom. The van der Waals surface area contributed by atoms with Crippen molar-refractivity contribution in [2.24, 2.45) is 0 Å². The summed E-state index contributed by atoms with van der Waals surface area (Å²) < 4.78 is 5.39. The van der Waals surface area contributed by atoms with Crippen molar-refractivity contribution in [3.05, 3.63) is 197 Å². The number of aromatic nitrogens is 2. The van der Waals surface area contributed by atoms with E-state index in [1.54, 1.807) is 0 Å². The molecule has 8 aromatic carbocycles. The van der Waals surface area contributed by atoms with Crippen molar-refractivity contribution in [3.63, 3.8) is 0 Å². The van der Waals surface area contributed by atoms with Crippen LogP contribution in [-0.2, 0) is 27.1 Å². The molecule has 0 spiro atoms. The van der Waals surface area contributed by atoms with Gasteiger partial charge in [-0.25, -0.2) is 0 Å². The Morgan fingerprint density at radius 1 is 0.425 bits per heavy atom. The number of hydrogen-bond donors (Lipinski definition) is 0. The van der Waals surface area contributed by atoms with Gasteiger partial charge in [0.05, 0.1) is 11.0 Å². The molecule has 13 rings (SSSR count). The van der Waals surface area contributed by atoms with Gasteiger partial charge in [0, 0.05) is 71.9 Å². The van der Waals surface area contributed by atoms with E-state index in [1.165, 1.54) is 133 Å². The van der Waals surface area contributed by atoms with Gasteiger partial charge >= 0.3 is 6.85 Å². The Kier molecular flexibility index (Phi) is 9.43. The molecule has 73 heavy (non-hydrogen) atoms. The van der Waals surface area contributed by atoms with Crippen molar-refractivity contribution >= 4 is 73.0 Å². The average molecular weight is 950 g/mol. The molecule has 0 saturated carbocycles. The monoisotopic (exact) mass is 950 g/mol. The van der Waals surface area contributed by atoms with Crippen LogP contribution in [0, 0.1) is 0 Å². The molecule has 2 aromatic heterocycles. The van der Waals surface area contributed by atoms with Crippen LogP contribution < -0.4 is 10.4 Å². The minimum Gasteiger partial charge on any atom is -0.375 e. The molecule has 3 aliphatic rings. The lowest BCUT2D eigenvalue weighted by Crippen LogP contribution is -2.52. The van der Waals surface area contributed by atoms with Crippen LogP contribution in [0.4, 0.5) is 11.4 Å². The molecule has 0 unspecified atom stereocenters. The smallest absolute Gasteiger partial charge is 0.329 e. The molecule has 0 radical (unpaired) electrons. The van der Waals surface area contributed by atoms with E-state index in [9.17, 15) is 0 Å². The molecule has 1 aliphatic carbocycles. The van der Waals surface area contributed by atoms with Crippen LogP contribution in [0.15, 0.2) is 163 Å². The zero-order valence-corrected chi connectivity index (χ0v) is 45.4. The molecule has 4 heterocycles. The Labute approximate surface area is 433 Å². The van der Waals surface area contributed by atoms with Crippen molar-refractivity contribution < 1.29 is 0 Å². The zero-order chi connectivity index (χ0) is 51.1. The van der Waals surface area contributed by atoms with E-state index in [0.29, 0.717) is 0 Å². The first-order valence-corrected chi connectivity index (χ1v) is 26.7. The van der Waals surface area contributed by atoms with Gasteiger partial charge in [0.1, 0.15) is 0 Å². The molecular formula is C69H68BN3. The fourth-order valence-electron chi connectivity index (χ4n) is 13.1. The summed E-state index contributed by atoms with van der Waals surface area (Å²) in [7, 11) is 0. The van der Waals surface area contributed by atoms with Gasteiger partial charge in [-0.3, -0.25) is 0 Å². The predicted octanol–water partition coefficient (Wildman–Crippen LogP) is 17.9. The third-order valence-electron chi connectivity index (χ3n) is 17.1. The maximum absolute atomic E-state index is 2.82. The average Bonchev–Trinajstić information content (AvgIpc) is 3.94. The molecule has 0 amide bonds. The number of allylic oxidation sites excluding steroid dienone is 1. The van der Waals surface area contributed by atoms with Gasteiger partial charge in [-0.2, -0.15) is 0 Å². The minimum atomic E-state index is -0.333. The zero-order valence-electron chi connectivity index (χ0n) is 45.4. The second-order valence-corrected chi connectivity index (χ2v) is 26.3. The van der Waals surface area contributed by atoms with Crippen LogP contribution in [0.1, 0.15) is 130 Å². The first-order valence-electron chi connectivity index (χ1n) is 26.7. The van der Waals surface area contributed by atoms with E-state index in [1.807, 2.05) is 0 Å². The van der Waals surface area contributed by atoms with Gasteiger partial charge < -0.3 is 13.9 Å². The first kappa shape index (κ1) is 45.8. The lowest BCUT2D eigenvalue weighted by atomic mass is 9.40. The third-order valence-corrected chi connectivity index (χ3v) is 17.1. The summed E-state index contributed by atoms with van der Waals surface area (Å²) in [5.74, 6) is 0. The lowest BCUT2D eigenvalue weighted by molar-refractivity contribution is 0.590. The lowest BCUT2D eigenvalue weighted by Gasteiger charge is -2.44. The SMILES string of the molecule is CC(C)(C)c1ccc(-c2ccc3c(c2)C2=C(B4c5c(cc(C(C)(C)C)cc5N2c2ccc(C(C)(C)C)cc2)-c2c5c(cc6c7ccccc7n(-c7ccccc7)c26)c2cc(C(C)(C)C)ccc2n54)C3(C)C)cc1. The molecule has 0 bridgehead atoms. The van der Waals surface area contributed by atoms with Gasteiger partial charge in [-0.05, 0) is 138 Å². The van der Waals surface area contributed by atoms with Crippen molar-refractivity contribution in [1.29, 1.82) is 0 Å². The molecular weight excluding hydrogens is 882 g/mol. The van der Waals surface area contributed by atoms with Gasteiger partial charge in [0.25, 0.3) is 0 Å². The molecule has 362 valence electrons. The fraction of sp³-hybridized carbons (Fsp3) is 0.275. The van der Waals surface area contributed by atoms with Crippen molar-refractivity contribution in [2.75, 3.05) is 4.90 Å². The number of hydrogen-bond acceptors (Lipinski definition) is 1. The highest BCUT2D eigenvalue weighted by Gasteiger charge is 2.54. The Bertz CT molecular complexity index is 4000. The molecule has 4 heteroatoms. The van der Waals surface area contributed by atoms with Crippen molar-refractivity contribution in [1.82, 2.24) is 9.05 Å². The van der Waals surface area contributed by atoms with Crippen LogP contribution in [0.2, 0.25) is 0 Å². The van der Waals surface area contributed by atoms with Gasteiger partial charge in [0.2, 0.25) is 0 Å². The molecule has 0 saturated heterocycles. The van der Waals surface area contributed by atoms with Crippen LogP contribution in [0.3, 0.4) is 0 Å². The van der Waals surface area contributed by atoms with E-state index in [-0.39, 0.29) is 33.9 Å². The van der Waals surface area contributed by atoms with Gasteiger partial charge in [0.15, 0.2) is 0 Å². The Morgan fingerprint density at radius 3 is 1.67 bits per heavy atom. The summed E-state index contributed by atoms with van der Waals surface area (Å²) in [6.45, 7) is 33.0. The van der Waals surface area contributed by atoms with Gasteiger partial charge in [-0.1, -0.05) is 194 Å². The van der Waals surface area contributed by atoms with E-state index in [4.69, 9.17) is 0 Å². The second kappa shape index (κ2) is 15.0. The number of para-hydroxylation sites is 2. The highest BCUT2D eigenvalue weighted by atomic mass is 15.2. The first-order chi connectivity index (χ1) is 34.5. The molecule has 0 N–H and O–H groups in total. The minimum absolute atomic E-state index is 0.0145. The standard InChI is InChI=1S/C69H68BN3/c1-65(2,3)43-27-24-41(25-28-43)42-26-34-55-53(36-42)63-64(69(55,13)14)70-60-54(38-46(68(10,11)12)39-58(60)72(63)48-32-29-44(30-33-48)66(4,5)6)59-61-51(49-22-18-19-23-56(49)71(61)47-20-16-15-17-21-47)40-52-50-37-45(67(7,8)9)31-35-57(50)73(70)62(52)59/h15-40H,1-14H3. The molecule has 0 atom stereocenters. The summed E-state index contributed by atoms with van der Waals surface area (Å²) in [5, 5.41) is 5.21. The topological polar surface area (TPSA) is 13.1 Å². The molecule has 0 fully saturated rings. The summed E-state index contributed by atoms with van der Waals surface area (Å²) in [6, 6.07) is 61.6. The van der Waals surface area contributed by atoms with Crippen molar-refractivity contribution in [3.8, 4) is 27.9 Å². The number of fused-ring (bicyclic) bond motifs is 12. The molecule has 2 aliphatic heterocycles. The van der Waals surface area contributed by atoms with E-state index in [0.717, 1.165) is 0 Å². The van der Waals surface area contributed by atoms with Crippen LogP contribution in [-0.4, -0.2) is 15.9 Å². The summed E-state index contributed by atoms with van der Waals surface area (Å²) in [6.07, 6.45) is 0. The Balaban J connectivity index is 1.23. The van der Waals surface area contributed by atoms with E-state index >= 15 is 0 Å². The number of rotatable bonds is 3. The highest BCUT2D eigenvalue weighted by Crippen LogP contribution is 2.59. The predicted molar refractivity (Wildman–Crippen MR) is 315 cm³/mol. The van der Waals surface area contributed by atoms with E-state index in [2.05, 4.69) is 269 Å². The van der Waals surface area contributed by atoms with Crippen LogP contribution in [0.5, 0.6) is 0 Å². The Hall–Kier alpha value is -7.04. The number of anilines is 2. The normalized spacial score (nSPS) is 15.3. The number of benzene rings is 8. The van der Waals surface area contributed by atoms with Crippen LogP contribution in [0.25, 0.3) is 77.2 Å². The maximum Gasteiger partial charge on any atom is 0.329 e. The third kappa shape index (κ3) is 6.57. The summed E-state index contributed by atoms with van der Waals surface area (Å²) in [5.41, 5.74) is 25.7. The maximum atomic E-state index is 2.82. The highest BCUT2D eigenvalue weighted by molar-refractivity contribution is 6.86. The van der Waals surface area contributed by atoms with Crippen LogP contribution >= 0.6 is 0 Å². The van der Waals surface area contributed by atoms with Gasteiger partial charge in [-0.15, -0.1) is 0 Å². The summed E-state index contributed by atoms with van der Waals surface area (Å²) in [4.78, 5) is 2.70. The molecule has 10 aromatic rings. The largest absolute Gasteiger partial charge is 0.375 e. The summed E-state index contributed by atoms with van der Waals surface area (Å²) >= 11 is 0. The molecule has 3 nitrogen and oxygen atoms in total. The fourth-order valence-corrected chi connectivity index (χ4v) is 13.1. The van der Waals surface area contributed by atoms with Crippen molar-refractivity contribution in [2.45, 2.75) is 124 Å². The second-order valence-electron chi connectivity index (χ2n) is 26.3. The number of nitrogens with zero attached hydrogens (tertiary/aromatic N) is 3. The quantitative estimate of drug-likeness (QED) is 0.161. The van der Waals surface area contributed by atoms with E-state index < -0.39 is 0 Å².